The smallest absolute Gasteiger partial charge is 0.309 e. The number of nitrogens with zero attached hydrogens (tertiary/aromatic N) is 1. The summed E-state index contributed by atoms with van der Waals surface area (Å²) in [4.78, 5) is 21.2. The topological polar surface area (TPSA) is 61.0 Å². The molecule has 0 aromatic carbocycles. The number of hydrogen-bond acceptors (Lipinski definition) is 2. The zero-order valence-corrected chi connectivity index (χ0v) is 9.00. The molecule has 0 aliphatic carbocycles. The molecular weight excluding hydrogens is 190 g/mol. The third-order valence-electron chi connectivity index (χ3n) is 2.55. The van der Waals surface area contributed by atoms with Gasteiger partial charge in [0.1, 0.15) is 0 Å². The third-order valence-corrected chi connectivity index (χ3v) is 2.55. The standard InChI is InChI=1S/C11H15N3O/c1-7-6-8(2)12-5-3-4-9-10(7)14-11(15)13-9/h5-6,8H,3-4H2,1-2H3,(H2,13,14,15)/b7-6-,12-5?. The molecule has 1 aliphatic heterocycles. The lowest BCUT2D eigenvalue weighted by molar-refractivity contribution is 0.919. The maximum absolute atomic E-state index is 11.2. The Labute approximate surface area is 88.1 Å². The Morgan fingerprint density at radius 1 is 1.47 bits per heavy atom. The van der Waals surface area contributed by atoms with Gasteiger partial charge in [-0.05, 0) is 38.5 Å². The van der Waals surface area contributed by atoms with Gasteiger partial charge in [-0.1, -0.05) is 6.08 Å². The minimum atomic E-state index is -0.127. The van der Waals surface area contributed by atoms with Crippen molar-refractivity contribution < 1.29 is 0 Å². The molecule has 1 atom stereocenters. The van der Waals surface area contributed by atoms with Gasteiger partial charge in [-0.15, -0.1) is 0 Å². The summed E-state index contributed by atoms with van der Waals surface area (Å²) in [5.74, 6) is 0. The van der Waals surface area contributed by atoms with Crippen molar-refractivity contribution in [3.63, 3.8) is 0 Å². The van der Waals surface area contributed by atoms with Crippen molar-refractivity contribution in [2.75, 3.05) is 0 Å². The number of allylic oxidation sites excluding steroid dienone is 1. The highest BCUT2D eigenvalue weighted by Crippen LogP contribution is 2.17. The fourth-order valence-electron chi connectivity index (χ4n) is 1.88. The molecule has 0 saturated heterocycles. The fraction of sp³-hybridized carbons (Fsp3) is 0.455. The van der Waals surface area contributed by atoms with Crippen molar-refractivity contribution in [3.8, 4) is 0 Å². The summed E-state index contributed by atoms with van der Waals surface area (Å²) in [6.45, 7) is 4.04. The van der Waals surface area contributed by atoms with E-state index in [0.717, 1.165) is 29.8 Å². The van der Waals surface area contributed by atoms with E-state index in [1.807, 2.05) is 20.1 Å². The summed E-state index contributed by atoms with van der Waals surface area (Å²) < 4.78 is 0. The van der Waals surface area contributed by atoms with Crippen molar-refractivity contribution in [1.29, 1.82) is 0 Å². The summed E-state index contributed by atoms with van der Waals surface area (Å²) in [6, 6.07) is 0.175. The van der Waals surface area contributed by atoms with Crippen LogP contribution in [0.15, 0.2) is 15.9 Å². The number of aryl methyl sites for hydroxylation is 1. The van der Waals surface area contributed by atoms with Crippen LogP contribution in [0.3, 0.4) is 0 Å². The van der Waals surface area contributed by atoms with Gasteiger partial charge in [-0.25, -0.2) is 4.79 Å². The zero-order valence-electron chi connectivity index (χ0n) is 9.00. The summed E-state index contributed by atoms with van der Waals surface area (Å²) in [5, 5.41) is 0. The lowest BCUT2D eigenvalue weighted by Gasteiger charge is -2.02. The van der Waals surface area contributed by atoms with Gasteiger partial charge in [0.05, 0.1) is 11.7 Å². The zero-order chi connectivity index (χ0) is 10.8. The van der Waals surface area contributed by atoms with Gasteiger partial charge in [-0.3, -0.25) is 4.99 Å². The number of imidazole rings is 1. The Kier molecular flexibility index (Phi) is 2.58. The average molecular weight is 205 g/mol. The van der Waals surface area contributed by atoms with Crippen LogP contribution in [-0.2, 0) is 6.42 Å². The molecule has 1 unspecified atom stereocenters. The van der Waals surface area contributed by atoms with Crippen LogP contribution in [0, 0.1) is 0 Å². The Hall–Kier alpha value is -1.58. The van der Waals surface area contributed by atoms with Crippen LogP contribution in [0.1, 0.15) is 31.7 Å². The Morgan fingerprint density at radius 3 is 3.07 bits per heavy atom. The molecule has 1 aromatic rings. The first-order chi connectivity index (χ1) is 7.16. The summed E-state index contributed by atoms with van der Waals surface area (Å²) >= 11 is 0. The second-order valence-corrected chi connectivity index (χ2v) is 3.89. The van der Waals surface area contributed by atoms with Gasteiger partial charge in [0, 0.05) is 5.69 Å². The molecule has 0 bridgehead atoms. The largest absolute Gasteiger partial charge is 0.323 e. The van der Waals surface area contributed by atoms with E-state index in [4.69, 9.17) is 0 Å². The highest BCUT2D eigenvalue weighted by Gasteiger charge is 2.10. The third kappa shape index (κ3) is 2.09. The van der Waals surface area contributed by atoms with E-state index in [-0.39, 0.29) is 11.7 Å². The number of aromatic amines is 2. The maximum Gasteiger partial charge on any atom is 0.323 e. The molecule has 2 heterocycles. The molecule has 0 saturated carbocycles. The van der Waals surface area contributed by atoms with Gasteiger partial charge in [-0.2, -0.15) is 0 Å². The molecule has 2 rings (SSSR count). The molecule has 0 fully saturated rings. The minimum absolute atomic E-state index is 0.127. The Balaban J connectivity index is 2.49. The molecule has 0 radical (unpaired) electrons. The van der Waals surface area contributed by atoms with Crippen LogP contribution in [0.5, 0.6) is 0 Å². The van der Waals surface area contributed by atoms with E-state index in [9.17, 15) is 4.79 Å². The lowest BCUT2D eigenvalue weighted by Crippen LogP contribution is -2.02. The number of hydrogen-bond donors (Lipinski definition) is 2. The van der Waals surface area contributed by atoms with E-state index >= 15 is 0 Å². The highest BCUT2D eigenvalue weighted by atomic mass is 16.1. The molecule has 80 valence electrons. The summed E-state index contributed by atoms with van der Waals surface area (Å²) in [5.41, 5.74) is 2.86. The predicted molar refractivity (Wildman–Crippen MR) is 61.3 cm³/mol. The summed E-state index contributed by atoms with van der Waals surface area (Å²) in [6.07, 6.45) is 5.68. The van der Waals surface area contributed by atoms with Crippen LogP contribution < -0.4 is 5.69 Å². The SMILES string of the molecule is C/C1=C/C(C)N=CCCc2[nH]c(=O)[nH]c21. The highest BCUT2D eigenvalue weighted by molar-refractivity contribution is 5.66. The normalized spacial score (nSPS) is 24.7. The molecular formula is C11H15N3O. The van der Waals surface area contributed by atoms with E-state index in [1.54, 1.807) is 0 Å². The van der Waals surface area contributed by atoms with Crippen LogP contribution in [0.2, 0.25) is 0 Å². The van der Waals surface area contributed by atoms with Gasteiger partial charge < -0.3 is 9.97 Å². The number of aliphatic imine (C=N–C) groups is 1. The average Bonchev–Trinajstić information content (AvgIpc) is 2.54. The predicted octanol–water partition coefficient (Wildman–Crippen LogP) is 1.51. The van der Waals surface area contributed by atoms with Crippen molar-refractivity contribution in [1.82, 2.24) is 9.97 Å². The first kappa shape index (κ1) is 9.96. The molecule has 4 heteroatoms. The number of aromatic nitrogens is 2. The van der Waals surface area contributed by atoms with Gasteiger partial charge in [0.2, 0.25) is 0 Å². The molecule has 4 nitrogen and oxygen atoms in total. The molecule has 2 N–H and O–H groups in total. The van der Waals surface area contributed by atoms with Crippen molar-refractivity contribution in [3.05, 3.63) is 27.9 Å². The molecule has 0 spiro atoms. The monoisotopic (exact) mass is 205 g/mol. The fourth-order valence-corrected chi connectivity index (χ4v) is 1.88. The van der Waals surface area contributed by atoms with E-state index in [2.05, 4.69) is 21.0 Å². The van der Waals surface area contributed by atoms with Crippen LogP contribution in [0.25, 0.3) is 5.57 Å². The molecule has 15 heavy (non-hydrogen) atoms. The van der Waals surface area contributed by atoms with Gasteiger partial charge in [0.15, 0.2) is 0 Å². The Morgan fingerprint density at radius 2 is 2.27 bits per heavy atom. The van der Waals surface area contributed by atoms with Crippen molar-refractivity contribution in [2.45, 2.75) is 32.7 Å². The minimum Gasteiger partial charge on any atom is -0.309 e. The second kappa shape index (κ2) is 3.88. The quantitative estimate of drug-likeness (QED) is 0.662. The van der Waals surface area contributed by atoms with Crippen LogP contribution >= 0.6 is 0 Å². The van der Waals surface area contributed by atoms with Gasteiger partial charge >= 0.3 is 5.69 Å². The van der Waals surface area contributed by atoms with Crippen molar-refractivity contribution >= 4 is 11.8 Å². The summed E-state index contributed by atoms with van der Waals surface area (Å²) in [7, 11) is 0. The molecule has 0 amide bonds. The molecule has 1 aliphatic rings. The second-order valence-electron chi connectivity index (χ2n) is 3.89. The van der Waals surface area contributed by atoms with E-state index in [0.29, 0.717) is 0 Å². The van der Waals surface area contributed by atoms with E-state index < -0.39 is 0 Å². The molecule has 1 aromatic heterocycles. The van der Waals surface area contributed by atoms with Crippen LogP contribution in [0.4, 0.5) is 0 Å². The first-order valence-corrected chi connectivity index (χ1v) is 5.18. The number of fused-ring (bicyclic) bond motifs is 1. The first-order valence-electron chi connectivity index (χ1n) is 5.18. The number of rotatable bonds is 0. The number of H-pyrrole nitrogens is 2. The van der Waals surface area contributed by atoms with Crippen molar-refractivity contribution in [2.24, 2.45) is 4.99 Å². The Bertz CT molecular complexity index is 464. The van der Waals surface area contributed by atoms with E-state index in [1.165, 1.54) is 0 Å². The van der Waals surface area contributed by atoms with Crippen LogP contribution in [-0.4, -0.2) is 22.2 Å². The van der Waals surface area contributed by atoms with Gasteiger partial charge in [0.25, 0.3) is 0 Å². The maximum atomic E-state index is 11.2. The number of nitrogens with one attached hydrogen (secondary N) is 2. The lowest BCUT2D eigenvalue weighted by atomic mass is 10.1.